The number of nitrogens with one attached hydrogen (secondary N) is 1. The molecule has 3 heterocycles. The minimum Gasteiger partial charge on any atom is -0.357 e. The molecule has 0 aliphatic carbocycles. The number of nitrogens with zero attached hydrogens (tertiary/aromatic N) is 6. The molecule has 172 valence electrons. The van der Waals surface area contributed by atoms with E-state index in [4.69, 9.17) is 4.99 Å². The van der Waals surface area contributed by atoms with Crippen molar-refractivity contribution in [3.63, 3.8) is 0 Å². The molecule has 0 spiro atoms. The Morgan fingerprint density at radius 2 is 1.81 bits per heavy atom. The summed E-state index contributed by atoms with van der Waals surface area (Å²) in [6, 6.07) is 10.1. The lowest BCUT2D eigenvalue weighted by Crippen LogP contribution is -2.57. The standard InChI is InChI=1S/C24H35N7O/c1-3-25-24(26-19-21-9-4-5-10-22(21)31-14-8-11-27-31)30-17-15-28(16-18-30)20(2)23(32)29-12-6-7-13-29/h4-5,8-11,14,20H,3,6-7,12-13,15-19H2,1-2H3,(H,25,26). The van der Waals surface area contributed by atoms with Gasteiger partial charge in [-0.25, -0.2) is 9.67 Å². The number of likely N-dealkylation sites (tertiary alicyclic amines) is 1. The van der Waals surface area contributed by atoms with Crippen LogP contribution in [0.25, 0.3) is 5.69 Å². The van der Waals surface area contributed by atoms with Gasteiger partial charge in [0.1, 0.15) is 0 Å². The molecule has 4 rings (SSSR count). The lowest BCUT2D eigenvalue weighted by molar-refractivity contribution is -0.135. The fourth-order valence-corrected chi connectivity index (χ4v) is 4.54. The van der Waals surface area contributed by atoms with Crippen molar-refractivity contribution in [2.75, 3.05) is 45.8 Å². The second-order valence-corrected chi connectivity index (χ2v) is 8.48. The van der Waals surface area contributed by atoms with Crippen molar-refractivity contribution in [2.45, 2.75) is 39.3 Å². The van der Waals surface area contributed by atoms with Gasteiger partial charge in [0, 0.05) is 58.2 Å². The molecule has 8 nitrogen and oxygen atoms in total. The summed E-state index contributed by atoms with van der Waals surface area (Å²) in [5, 5.41) is 7.82. The van der Waals surface area contributed by atoms with Crippen LogP contribution in [0.2, 0.25) is 0 Å². The van der Waals surface area contributed by atoms with Crippen molar-refractivity contribution in [3.8, 4) is 5.69 Å². The Bertz CT molecular complexity index is 897. The number of piperazine rings is 1. The second-order valence-electron chi connectivity index (χ2n) is 8.48. The Morgan fingerprint density at radius 1 is 1.06 bits per heavy atom. The van der Waals surface area contributed by atoms with Gasteiger partial charge in [0.25, 0.3) is 0 Å². The van der Waals surface area contributed by atoms with E-state index in [1.54, 1.807) is 6.20 Å². The lowest BCUT2D eigenvalue weighted by Gasteiger charge is -2.39. The average Bonchev–Trinajstić information content (AvgIpc) is 3.56. The van der Waals surface area contributed by atoms with E-state index in [-0.39, 0.29) is 11.9 Å². The van der Waals surface area contributed by atoms with Gasteiger partial charge in [-0.15, -0.1) is 0 Å². The first kappa shape index (κ1) is 22.3. The number of guanidine groups is 1. The van der Waals surface area contributed by atoms with Gasteiger partial charge < -0.3 is 15.1 Å². The van der Waals surface area contributed by atoms with E-state index >= 15 is 0 Å². The van der Waals surface area contributed by atoms with Gasteiger partial charge in [0.2, 0.25) is 5.91 Å². The molecule has 0 saturated carbocycles. The Labute approximate surface area is 190 Å². The smallest absolute Gasteiger partial charge is 0.239 e. The number of carbonyl (C=O) groups is 1. The Morgan fingerprint density at radius 3 is 2.50 bits per heavy atom. The van der Waals surface area contributed by atoms with Crippen molar-refractivity contribution in [1.82, 2.24) is 29.8 Å². The van der Waals surface area contributed by atoms with Crippen LogP contribution in [0.15, 0.2) is 47.7 Å². The summed E-state index contributed by atoms with van der Waals surface area (Å²) in [7, 11) is 0. The van der Waals surface area contributed by atoms with Crippen LogP contribution in [0.5, 0.6) is 0 Å². The fraction of sp³-hybridized carbons (Fsp3) is 0.542. The van der Waals surface area contributed by atoms with E-state index in [2.05, 4.69) is 46.2 Å². The number of aromatic nitrogens is 2. The molecule has 1 aromatic heterocycles. The van der Waals surface area contributed by atoms with Crippen LogP contribution in [0.3, 0.4) is 0 Å². The Hall–Kier alpha value is -2.87. The number of amides is 1. The average molecular weight is 438 g/mol. The van der Waals surface area contributed by atoms with Crippen molar-refractivity contribution in [3.05, 3.63) is 48.3 Å². The predicted molar refractivity (Wildman–Crippen MR) is 127 cm³/mol. The quantitative estimate of drug-likeness (QED) is 0.553. The fourth-order valence-electron chi connectivity index (χ4n) is 4.54. The van der Waals surface area contributed by atoms with Crippen LogP contribution in [0.1, 0.15) is 32.3 Å². The highest BCUT2D eigenvalue weighted by Gasteiger charge is 2.30. The van der Waals surface area contributed by atoms with Gasteiger partial charge in [-0.1, -0.05) is 18.2 Å². The summed E-state index contributed by atoms with van der Waals surface area (Å²) in [4.78, 5) is 24.4. The first-order valence-electron chi connectivity index (χ1n) is 11.8. The van der Waals surface area contributed by atoms with Crippen LogP contribution in [-0.4, -0.2) is 88.2 Å². The minimum atomic E-state index is -0.0456. The second kappa shape index (κ2) is 10.6. The van der Waals surface area contributed by atoms with Crippen LogP contribution in [0.4, 0.5) is 0 Å². The molecule has 1 N–H and O–H groups in total. The van der Waals surface area contributed by atoms with Crippen LogP contribution in [0, 0.1) is 0 Å². The SMILES string of the molecule is CCNC(=NCc1ccccc1-n1cccn1)N1CCN(C(C)C(=O)N2CCCC2)CC1. The molecular formula is C24H35N7O. The van der Waals surface area contributed by atoms with Gasteiger partial charge in [-0.3, -0.25) is 9.69 Å². The van der Waals surface area contributed by atoms with Gasteiger partial charge >= 0.3 is 0 Å². The molecule has 1 atom stereocenters. The lowest BCUT2D eigenvalue weighted by atomic mass is 10.2. The molecule has 8 heteroatoms. The van der Waals surface area contributed by atoms with Crippen molar-refractivity contribution < 1.29 is 4.79 Å². The van der Waals surface area contributed by atoms with Gasteiger partial charge in [-0.2, -0.15) is 5.10 Å². The van der Waals surface area contributed by atoms with Gasteiger partial charge in [0.05, 0.1) is 18.3 Å². The van der Waals surface area contributed by atoms with E-state index in [0.717, 1.165) is 75.9 Å². The van der Waals surface area contributed by atoms with Crippen molar-refractivity contribution in [2.24, 2.45) is 4.99 Å². The Balaban J connectivity index is 1.39. The first-order chi connectivity index (χ1) is 15.7. The normalized spacial score (nSPS) is 18.8. The molecule has 2 aliphatic rings. The van der Waals surface area contributed by atoms with E-state index in [9.17, 15) is 4.79 Å². The third kappa shape index (κ3) is 5.12. The zero-order chi connectivity index (χ0) is 22.3. The molecule has 2 aliphatic heterocycles. The zero-order valence-corrected chi connectivity index (χ0v) is 19.3. The molecule has 2 saturated heterocycles. The maximum absolute atomic E-state index is 12.8. The highest BCUT2D eigenvalue weighted by molar-refractivity contribution is 5.82. The highest BCUT2D eigenvalue weighted by Crippen LogP contribution is 2.16. The topological polar surface area (TPSA) is 69.0 Å². The first-order valence-corrected chi connectivity index (χ1v) is 11.8. The van der Waals surface area contributed by atoms with E-state index in [0.29, 0.717) is 6.54 Å². The number of hydrogen-bond donors (Lipinski definition) is 1. The summed E-state index contributed by atoms with van der Waals surface area (Å²) in [6.45, 7) is 10.9. The van der Waals surface area contributed by atoms with Crippen LogP contribution < -0.4 is 5.32 Å². The Kier molecular flexibility index (Phi) is 7.42. The van der Waals surface area contributed by atoms with Crippen molar-refractivity contribution in [1.29, 1.82) is 0 Å². The number of aliphatic imine (C=N–C) groups is 1. The number of carbonyl (C=O) groups excluding carboxylic acids is 1. The zero-order valence-electron chi connectivity index (χ0n) is 19.3. The third-order valence-electron chi connectivity index (χ3n) is 6.41. The van der Waals surface area contributed by atoms with E-state index in [1.807, 2.05) is 34.0 Å². The summed E-state index contributed by atoms with van der Waals surface area (Å²) in [6.07, 6.45) is 6.02. The predicted octanol–water partition coefficient (Wildman–Crippen LogP) is 1.97. The van der Waals surface area contributed by atoms with Crippen LogP contribution in [-0.2, 0) is 11.3 Å². The number of para-hydroxylation sites is 1. The molecule has 2 fully saturated rings. The molecule has 0 radical (unpaired) electrons. The number of benzene rings is 1. The largest absolute Gasteiger partial charge is 0.357 e. The van der Waals surface area contributed by atoms with E-state index in [1.165, 1.54) is 0 Å². The monoisotopic (exact) mass is 437 g/mol. The highest BCUT2D eigenvalue weighted by atomic mass is 16.2. The molecule has 32 heavy (non-hydrogen) atoms. The number of rotatable bonds is 6. The number of hydrogen-bond acceptors (Lipinski definition) is 4. The van der Waals surface area contributed by atoms with Crippen molar-refractivity contribution >= 4 is 11.9 Å². The van der Waals surface area contributed by atoms with Crippen LogP contribution >= 0.6 is 0 Å². The summed E-state index contributed by atoms with van der Waals surface area (Å²) < 4.78 is 1.88. The molecule has 0 bridgehead atoms. The molecule has 1 amide bonds. The summed E-state index contributed by atoms with van der Waals surface area (Å²) >= 11 is 0. The maximum Gasteiger partial charge on any atom is 0.239 e. The summed E-state index contributed by atoms with van der Waals surface area (Å²) in [5.41, 5.74) is 2.19. The third-order valence-corrected chi connectivity index (χ3v) is 6.41. The van der Waals surface area contributed by atoms with Gasteiger partial charge in [0.15, 0.2) is 5.96 Å². The molecule has 2 aromatic rings. The molecule has 1 aromatic carbocycles. The molecule has 1 unspecified atom stereocenters. The summed E-state index contributed by atoms with van der Waals surface area (Å²) in [5.74, 6) is 1.22. The minimum absolute atomic E-state index is 0.0456. The maximum atomic E-state index is 12.8. The molecular weight excluding hydrogens is 402 g/mol. The van der Waals surface area contributed by atoms with E-state index < -0.39 is 0 Å². The van der Waals surface area contributed by atoms with Gasteiger partial charge in [-0.05, 0) is 44.4 Å².